The summed E-state index contributed by atoms with van der Waals surface area (Å²) in [6.07, 6.45) is 2.84. The first-order valence-electron chi connectivity index (χ1n) is 6.71. The molecule has 0 spiro atoms. The lowest BCUT2D eigenvalue weighted by molar-refractivity contribution is 1.08. The summed E-state index contributed by atoms with van der Waals surface area (Å²) in [5.74, 6) is 0. The third-order valence-corrected chi connectivity index (χ3v) is 3.90. The number of halogens is 1. The van der Waals surface area contributed by atoms with Crippen LogP contribution in [0.5, 0.6) is 0 Å². The summed E-state index contributed by atoms with van der Waals surface area (Å²) in [5, 5.41) is 2.41. The van der Waals surface area contributed by atoms with Crippen molar-refractivity contribution < 1.29 is 0 Å². The Kier molecular flexibility index (Phi) is 3.58. The van der Waals surface area contributed by atoms with Gasteiger partial charge in [-0.3, -0.25) is 4.98 Å². The average Bonchev–Trinajstić information content (AvgIpc) is 2.38. The van der Waals surface area contributed by atoms with Crippen LogP contribution in [0.1, 0.15) is 22.4 Å². The maximum absolute atomic E-state index is 4.58. The number of nitrogens with zero attached hydrogens (tertiary/aromatic N) is 1. The highest BCUT2D eigenvalue weighted by atomic mass is 79.9. The lowest BCUT2D eigenvalue weighted by atomic mass is 10.0. The molecule has 3 aromatic rings. The van der Waals surface area contributed by atoms with Crippen LogP contribution < -0.4 is 0 Å². The Morgan fingerprint density at radius 3 is 2.40 bits per heavy atom. The molecule has 0 amide bonds. The predicted molar refractivity (Wildman–Crippen MR) is 88.2 cm³/mol. The van der Waals surface area contributed by atoms with Crippen molar-refractivity contribution in [1.82, 2.24) is 4.98 Å². The molecule has 0 aliphatic heterocycles. The minimum atomic E-state index is 0.883. The minimum Gasteiger partial charge on any atom is -0.260 e. The molecule has 3 rings (SSSR count). The molecule has 0 radical (unpaired) electrons. The van der Waals surface area contributed by atoms with Gasteiger partial charge in [-0.25, -0.2) is 0 Å². The Bertz CT molecular complexity index is 757. The zero-order valence-electron chi connectivity index (χ0n) is 11.7. The first kappa shape index (κ1) is 13.3. The molecule has 0 atom stereocenters. The van der Waals surface area contributed by atoms with Gasteiger partial charge in [0.05, 0.1) is 0 Å². The van der Waals surface area contributed by atoms with Crippen LogP contribution in [0.3, 0.4) is 0 Å². The first-order valence-corrected chi connectivity index (χ1v) is 7.51. The molecule has 0 unspecified atom stereocenters. The van der Waals surface area contributed by atoms with E-state index in [9.17, 15) is 0 Å². The molecule has 100 valence electrons. The molecule has 0 bridgehead atoms. The molecule has 1 nitrogen and oxygen atoms in total. The molecular weight excluding hydrogens is 310 g/mol. The highest BCUT2D eigenvalue weighted by Gasteiger charge is 2.02. The number of pyridine rings is 1. The average molecular weight is 326 g/mol. The summed E-state index contributed by atoms with van der Waals surface area (Å²) < 4.78 is 1.09. The van der Waals surface area contributed by atoms with E-state index in [1.807, 2.05) is 6.20 Å². The van der Waals surface area contributed by atoms with Crippen molar-refractivity contribution in [2.45, 2.75) is 20.3 Å². The van der Waals surface area contributed by atoms with E-state index in [1.54, 1.807) is 0 Å². The molecule has 0 N–H and O–H groups in total. The lowest BCUT2D eigenvalue weighted by Gasteiger charge is -2.06. The Morgan fingerprint density at radius 2 is 1.65 bits per heavy atom. The molecule has 20 heavy (non-hydrogen) atoms. The quantitative estimate of drug-likeness (QED) is 0.630. The van der Waals surface area contributed by atoms with Crippen molar-refractivity contribution in [3.63, 3.8) is 0 Å². The Balaban J connectivity index is 1.96. The molecule has 0 fully saturated rings. The fourth-order valence-electron chi connectivity index (χ4n) is 2.63. The smallest absolute Gasteiger partial charge is 0.0453 e. The number of benzene rings is 2. The summed E-state index contributed by atoms with van der Waals surface area (Å²) >= 11 is 3.49. The summed E-state index contributed by atoms with van der Waals surface area (Å²) in [5.41, 5.74) is 5.06. The summed E-state index contributed by atoms with van der Waals surface area (Å²) in [6, 6.07) is 15.2. The van der Waals surface area contributed by atoms with E-state index in [2.05, 4.69) is 77.2 Å². The van der Waals surface area contributed by atoms with Crippen LogP contribution in [0, 0.1) is 13.8 Å². The van der Waals surface area contributed by atoms with Gasteiger partial charge in [0.25, 0.3) is 0 Å². The number of hydrogen-bond acceptors (Lipinski definition) is 1. The summed E-state index contributed by atoms with van der Waals surface area (Å²) in [7, 11) is 0. The molecule has 1 aromatic heterocycles. The van der Waals surface area contributed by atoms with Crippen LogP contribution in [0.4, 0.5) is 0 Å². The molecule has 0 saturated carbocycles. The highest BCUT2D eigenvalue weighted by molar-refractivity contribution is 9.10. The maximum Gasteiger partial charge on any atom is 0.0453 e. The monoisotopic (exact) mass is 325 g/mol. The predicted octanol–water partition coefficient (Wildman–Crippen LogP) is 5.20. The van der Waals surface area contributed by atoms with Crippen molar-refractivity contribution >= 4 is 26.7 Å². The van der Waals surface area contributed by atoms with Gasteiger partial charge in [0.2, 0.25) is 0 Å². The number of hydrogen-bond donors (Lipinski definition) is 0. The number of aromatic nitrogens is 1. The topological polar surface area (TPSA) is 12.9 Å². The van der Waals surface area contributed by atoms with Gasteiger partial charge in [-0.2, -0.15) is 0 Å². The van der Waals surface area contributed by atoms with Gasteiger partial charge in [0.15, 0.2) is 0 Å². The second kappa shape index (κ2) is 5.37. The van der Waals surface area contributed by atoms with Gasteiger partial charge >= 0.3 is 0 Å². The van der Waals surface area contributed by atoms with Gasteiger partial charge in [0, 0.05) is 28.2 Å². The number of rotatable bonds is 2. The van der Waals surface area contributed by atoms with Gasteiger partial charge in [-0.15, -0.1) is 0 Å². The molecular formula is C18H16BrN. The summed E-state index contributed by atoms with van der Waals surface area (Å²) in [6.45, 7) is 4.28. The van der Waals surface area contributed by atoms with E-state index in [0.717, 1.165) is 16.6 Å². The fraction of sp³-hybridized carbons (Fsp3) is 0.167. The van der Waals surface area contributed by atoms with Crippen molar-refractivity contribution in [2.24, 2.45) is 0 Å². The summed E-state index contributed by atoms with van der Waals surface area (Å²) in [4.78, 5) is 4.58. The Hall–Kier alpha value is -1.67. The molecule has 1 heterocycles. The van der Waals surface area contributed by atoms with Crippen molar-refractivity contribution in [1.29, 1.82) is 0 Å². The van der Waals surface area contributed by atoms with Crippen LogP contribution in [0.25, 0.3) is 10.8 Å². The maximum atomic E-state index is 4.58. The third kappa shape index (κ3) is 2.91. The third-order valence-electron chi connectivity index (χ3n) is 3.41. The normalized spacial score (nSPS) is 10.9. The largest absolute Gasteiger partial charge is 0.260 e. The van der Waals surface area contributed by atoms with Crippen molar-refractivity contribution in [3.8, 4) is 0 Å². The molecule has 2 aromatic carbocycles. The zero-order valence-corrected chi connectivity index (χ0v) is 13.2. The lowest BCUT2D eigenvalue weighted by Crippen LogP contribution is -1.93. The molecule has 0 aliphatic rings. The van der Waals surface area contributed by atoms with E-state index in [-0.39, 0.29) is 0 Å². The van der Waals surface area contributed by atoms with E-state index >= 15 is 0 Å². The van der Waals surface area contributed by atoms with Crippen LogP contribution >= 0.6 is 15.9 Å². The van der Waals surface area contributed by atoms with Gasteiger partial charge in [-0.1, -0.05) is 51.3 Å². The van der Waals surface area contributed by atoms with E-state index in [1.165, 1.54) is 27.5 Å². The standard InChI is InChI=1S/C18H16BrN/c1-12-5-13(2)7-14(6-12)8-18-10-15-3-4-17(19)9-16(15)11-20-18/h3-7,9-11H,8H2,1-2H3. The van der Waals surface area contributed by atoms with Crippen molar-refractivity contribution in [3.05, 3.63) is 75.5 Å². The van der Waals surface area contributed by atoms with Crippen LogP contribution in [0.2, 0.25) is 0 Å². The highest BCUT2D eigenvalue weighted by Crippen LogP contribution is 2.21. The Labute approximate surface area is 127 Å². The number of aryl methyl sites for hydroxylation is 2. The van der Waals surface area contributed by atoms with Crippen LogP contribution in [-0.2, 0) is 6.42 Å². The van der Waals surface area contributed by atoms with E-state index < -0.39 is 0 Å². The van der Waals surface area contributed by atoms with Gasteiger partial charge in [-0.05, 0) is 43.0 Å². The van der Waals surface area contributed by atoms with Crippen molar-refractivity contribution in [2.75, 3.05) is 0 Å². The zero-order chi connectivity index (χ0) is 14.1. The van der Waals surface area contributed by atoms with E-state index in [4.69, 9.17) is 0 Å². The first-order chi connectivity index (χ1) is 9.60. The molecule has 2 heteroatoms. The van der Waals surface area contributed by atoms with Gasteiger partial charge < -0.3 is 0 Å². The molecule has 0 aliphatic carbocycles. The van der Waals surface area contributed by atoms with E-state index in [0.29, 0.717) is 0 Å². The number of fused-ring (bicyclic) bond motifs is 1. The fourth-order valence-corrected chi connectivity index (χ4v) is 3.01. The van der Waals surface area contributed by atoms with Gasteiger partial charge in [0.1, 0.15) is 0 Å². The second-order valence-electron chi connectivity index (χ2n) is 5.34. The minimum absolute atomic E-state index is 0.883. The molecule has 0 saturated heterocycles. The van der Waals surface area contributed by atoms with Crippen LogP contribution in [0.15, 0.2) is 53.1 Å². The van der Waals surface area contributed by atoms with Crippen LogP contribution in [-0.4, -0.2) is 4.98 Å². The Morgan fingerprint density at radius 1 is 0.900 bits per heavy atom. The SMILES string of the molecule is Cc1cc(C)cc(Cc2cc3ccc(Br)cc3cn2)c1. The second-order valence-corrected chi connectivity index (χ2v) is 6.26.